The molecule has 0 aromatic heterocycles. The van der Waals surface area contributed by atoms with Crippen molar-refractivity contribution >= 4 is 17.6 Å². The lowest BCUT2D eigenvalue weighted by Crippen LogP contribution is -2.52. The first-order valence-electron chi connectivity index (χ1n) is 10.1. The topological polar surface area (TPSA) is 78.9 Å². The number of anilines is 1. The zero-order valence-corrected chi connectivity index (χ0v) is 16.7. The third kappa shape index (κ3) is 5.22. The summed E-state index contributed by atoms with van der Waals surface area (Å²) in [5.41, 5.74) is 2.86. The molecule has 154 valence electrons. The SMILES string of the molecule is CCOC(=O)C(CCc1ccccc1)NC1CCc2ccccc2N(CO)C1=O. The van der Waals surface area contributed by atoms with Gasteiger partial charge in [0.2, 0.25) is 5.91 Å². The van der Waals surface area contributed by atoms with Gasteiger partial charge in [0.25, 0.3) is 0 Å². The average Bonchev–Trinajstić information content (AvgIpc) is 2.88. The van der Waals surface area contributed by atoms with Crippen LogP contribution in [0.3, 0.4) is 0 Å². The number of benzene rings is 2. The molecule has 0 spiro atoms. The van der Waals surface area contributed by atoms with Crippen LogP contribution >= 0.6 is 0 Å². The molecule has 6 heteroatoms. The maximum absolute atomic E-state index is 13.1. The highest BCUT2D eigenvalue weighted by Crippen LogP contribution is 2.27. The third-order valence-electron chi connectivity index (χ3n) is 5.23. The normalized spacial score (nSPS) is 17.4. The van der Waals surface area contributed by atoms with Crippen LogP contribution in [0.4, 0.5) is 5.69 Å². The first kappa shape index (κ1) is 21.0. The second-order valence-corrected chi connectivity index (χ2v) is 7.12. The van der Waals surface area contributed by atoms with E-state index in [1.807, 2.05) is 54.6 Å². The van der Waals surface area contributed by atoms with Crippen molar-refractivity contribution in [2.45, 2.75) is 44.7 Å². The van der Waals surface area contributed by atoms with Gasteiger partial charge in [-0.1, -0.05) is 48.5 Å². The Morgan fingerprint density at radius 2 is 1.93 bits per heavy atom. The fourth-order valence-corrected chi connectivity index (χ4v) is 3.73. The molecule has 1 amide bonds. The predicted octanol–water partition coefficient (Wildman–Crippen LogP) is 2.44. The number of nitrogens with zero attached hydrogens (tertiary/aromatic N) is 1. The van der Waals surface area contributed by atoms with Gasteiger partial charge in [0, 0.05) is 5.69 Å². The van der Waals surface area contributed by atoms with Crippen LogP contribution in [0.2, 0.25) is 0 Å². The lowest BCUT2D eigenvalue weighted by Gasteiger charge is -2.27. The van der Waals surface area contributed by atoms with Crippen LogP contribution in [0, 0.1) is 0 Å². The van der Waals surface area contributed by atoms with Crippen LogP contribution in [0.5, 0.6) is 0 Å². The van der Waals surface area contributed by atoms with Crippen molar-refractivity contribution in [3.05, 3.63) is 65.7 Å². The summed E-state index contributed by atoms with van der Waals surface area (Å²) in [5, 5.41) is 13.0. The van der Waals surface area contributed by atoms with Crippen LogP contribution in [-0.4, -0.2) is 42.4 Å². The number of aliphatic hydroxyl groups is 1. The predicted molar refractivity (Wildman–Crippen MR) is 111 cm³/mol. The van der Waals surface area contributed by atoms with E-state index < -0.39 is 18.8 Å². The zero-order chi connectivity index (χ0) is 20.6. The molecule has 2 N–H and O–H groups in total. The molecule has 0 aliphatic carbocycles. The maximum Gasteiger partial charge on any atom is 0.323 e. The molecule has 0 bridgehead atoms. The first-order chi connectivity index (χ1) is 14.1. The molecule has 2 aromatic rings. The van der Waals surface area contributed by atoms with E-state index in [2.05, 4.69) is 5.32 Å². The number of esters is 1. The van der Waals surface area contributed by atoms with Crippen LogP contribution in [0.1, 0.15) is 30.9 Å². The van der Waals surface area contributed by atoms with Gasteiger partial charge >= 0.3 is 5.97 Å². The van der Waals surface area contributed by atoms with E-state index in [0.717, 1.165) is 16.8 Å². The van der Waals surface area contributed by atoms with E-state index in [0.29, 0.717) is 25.7 Å². The monoisotopic (exact) mass is 396 g/mol. The number of carbonyl (C=O) groups is 2. The Balaban J connectivity index is 1.75. The molecule has 3 rings (SSSR count). The van der Waals surface area contributed by atoms with Gasteiger partial charge in [0.05, 0.1) is 12.6 Å². The lowest BCUT2D eigenvalue weighted by molar-refractivity contribution is -0.146. The number of ether oxygens (including phenoxy) is 1. The highest BCUT2D eigenvalue weighted by Gasteiger charge is 2.33. The molecule has 2 aromatic carbocycles. The molecule has 29 heavy (non-hydrogen) atoms. The van der Waals surface area contributed by atoms with Crippen molar-refractivity contribution in [3.8, 4) is 0 Å². The summed E-state index contributed by atoms with van der Waals surface area (Å²) in [6, 6.07) is 16.3. The highest BCUT2D eigenvalue weighted by atomic mass is 16.5. The summed E-state index contributed by atoms with van der Waals surface area (Å²) in [7, 11) is 0. The molecule has 6 nitrogen and oxygen atoms in total. The number of aryl methyl sites for hydroxylation is 2. The first-order valence-corrected chi connectivity index (χ1v) is 10.1. The molecule has 2 unspecified atom stereocenters. The minimum Gasteiger partial charge on any atom is -0.465 e. The number of para-hydroxylation sites is 1. The smallest absolute Gasteiger partial charge is 0.323 e. The van der Waals surface area contributed by atoms with Crippen molar-refractivity contribution in [1.29, 1.82) is 0 Å². The van der Waals surface area contributed by atoms with Gasteiger partial charge in [0.15, 0.2) is 0 Å². The van der Waals surface area contributed by atoms with Crippen LogP contribution < -0.4 is 10.2 Å². The Morgan fingerprint density at radius 1 is 1.21 bits per heavy atom. The molecule has 1 heterocycles. The number of carbonyl (C=O) groups excluding carboxylic acids is 2. The Labute approximate surface area is 171 Å². The number of fused-ring (bicyclic) bond motifs is 1. The molecule has 0 fully saturated rings. The van der Waals surface area contributed by atoms with E-state index in [1.54, 1.807) is 6.92 Å². The van der Waals surface area contributed by atoms with Crippen molar-refractivity contribution < 1.29 is 19.4 Å². The molecule has 2 atom stereocenters. The fourth-order valence-electron chi connectivity index (χ4n) is 3.73. The second-order valence-electron chi connectivity index (χ2n) is 7.12. The molecule has 0 radical (unpaired) electrons. The van der Waals surface area contributed by atoms with E-state index in [-0.39, 0.29) is 18.5 Å². The fraction of sp³-hybridized carbons (Fsp3) is 0.391. The van der Waals surface area contributed by atoms with Gasteiger partial charge < -0.3 is 9.84 Å². The number of amides is 1. The molecular formula is C23H28N2O4. The minimum absolute atomic E-state index is 0.230. The summed E-state index contributed by atoms with van der Waals surface area (Å²) in [5.74, 6) is -0.583. The minimum atomic E-state index is -0.592. The second kappa shape index (κ2) is 10.2. The summed E-state index contributed by atoms with van der Waals surface area (Å²) < 4.78 is 5.24. The van der Waals surface area contributed by atoms with Gasteiger partial charge in [-0.25, -0.2) is 0 Å². The number of rotatable bonds is 8. The van der Waals surface area contributed by atoms with E-state index >= 15 is 0 Å². The average molecular weight is 396 g/mol. The van der Waals surface area contributed by atoms with Crippen LogP contribution in [0.25, 0.3) is 0 Å². The van der Waals surface area contributed by atoms with Gasteiger partial charge in [-0.2, -0.15) is 0 Å². The van der Waals surface area contributed by atoms with Crippen molar-refractivity contribution in [2.75, 3.05) is 18.2 Å². The van der Waals surface area contributed by atoms with Crippen LogP contribution in [-0.2, 0) is 27.2 Å². The molecule has 0 saturated heterocycles. The highest BCUT2D eigenvalue weighted by molar-refractivity contribution is 5.98. The largest absolute Gasteiger partial charge is 0.465 e. The number of hydrogen-bond donors (Lipinski definition) is 2. The maximum atomic E-state index is 13.1. The zero-order valence-electron chi connectivity index (χ0n) is 16.7. The Bertz CT molecular complexity index is 825. The summed E-state index contributed by atoms with van der Waals surface area (Å²) >= 11 is 0. The van der Waals surface area contributed by atoms with E-state index in [4.69, 9.17) is 4.74 Å². The van der Waals surface area contributed by atoms with E-state index in [9.17, 15) is 14.7 Å². The summed E-state index contributed by atoms with van der Waals surface area (Å²) in [6.45, 7) is 1.66. The van der Waals surface area contributed by atoms with Gasteiger partial charge in [0.1, 0.15) is 12.8 Å². The Kier molecular flexibility index (Phi) is 7.38. The number of aliphatic hydroxyl groups excluding tert-OH is 1. The Hall–Kier alpha value is -2.70. The number of nitrogens with one attached hydrogen (secondary N) is 1. The molecule has 1 aliphatic rings. The number of hydrogen-bond acceptors (Lipinski definition) is 5. The van der Waals surface area contributed by atoms with Crippen molar-refractivity contribution in [1.82, 2.24) is 5.32 Å². The van der Waals surface area contributed by atoms with Crippen LogP contribution in [0.15, 0.2) is 54.6 Å². The molecule has 0 saturated carbocycles. The van der Waals surface area contributed by atoms with Crippen molar-refractivity contribution in [3.63, 3.8) is 0 Å². The molecular weight excluding hydrogens is 368 g/mol. The summed E-state index contributed by atoms with van der Waals surface area (Å²) in [4.78, 5) is 27.0. The van der Waals surface area contributed by atoms with Crippen molar-refractivity contribution in [2.24, 2.45) is 0 Å². The van der Waals surface area contributed by atoms with Gasteiger partial charge in [-0.05, 0) is 49.8 Å². The Morgan fingerprint density at radius 3 is 2.66 bits per heavy atom. The molecule has 1 aliphatic heterocycles. The summed E-state index contributed by atoms with van der Waals surface area (Å²) in [6.07, 6.45) is 2.46. The quantitative estimate of drug-likeness (QED) is 0.670. The standard InChI is InChI=1S/C23H28N2O4/c1-2-29-23(28)20(14-12-17-8-4-3-5-9-17)24-19-15-13-18-10-6-7-11-21(18)25(16-26)22(19)27/h3-11,19-20,24,26H,2,12-16H2,1H3. The van der Waals surface area contributed by atoms with E-state index in [1.165, 1.54) is 4.90 Å². The van der Waals surface area contributed by atoms with Gasteiger partial charge in [-0.15, -0.1) is 0 Å². The third-order valence-corrected chi connectivity index (χ3v) is 5.23. The lowest BCUT2D eigenvalue weighted by atomic mass is 10.0. The van der Waals surface area contributed by atoms with Gasteiger partial charge in [-0.3, -0.25) is 19.8 Å².